The van der Waals surface area contributed by atoms with Crippen LogP contribution >= 0.6 is 0 Å². The van der Waals surface area contributed by atoms with Gasteiger partial charge in [-0.15, -0.1) is 0 Å². The first kappa shape index (κ1) is 15.7. The van der Waals surface area contributed by atoms with E-state index in [1.165, 1.54) is 5.69 Å². The van der Waals surface area contributed by atoms with Crippen LogP contribution in [0.2, 0.25) is 0 Å². The van der Waals surface area contributed by atoms with E-state index in [-0.39, 0.29) is 0 Å². The maximum Gasteiger partial charge on any atom is 0.225 e. The largest absolute Gasteiger partial charge is 0.376 e. The molecule has 1 aliphatic rings. The van der Waals surface area contributed by atoms with Gasteiger partial charge in [-0.2, -0.15) is 5.10 Å². The lowest BCUT2D eigenvalue weighted by molar-refractivity contribution is 0.0827. The molecule has 0 spiro atoms. The molecular formula is C18H20N6O. The molecule has 0 radical (unpaired) electrons. The number of aromatic nitrogens is 5. The van der Waals surface area contributed by atoms with Crippen molar-refractivity contribution < 1.29 is 4.74 Å². The molecule has 0 bridgehead atoms. The Morgan fingerprint density at radius 1 is 1.04 bits per heavy atom. The number of hydrogen-bond acceptors (Lipinski definition) is 6. The summed E-state index contributed by atoms with van der Waals surface area (Å²) >= 11 is 0. The summed E-state index contributed by atoms with van der Waals surface area (Å²) in [5.74, 6) is 1.05. The van der Waals surface area contributed by atoms with Crippen LogP contribution in [0.5, 0.6) is 0 Å². The Bertz CT molecular complexity index is 792. The summed E-state index contributed by atoms with van der Waals surface area (Å²) < 4.78 is 8.00. The van der Waals surface area contributed by atoms with E-state index < -0.39 is 0 Å². The van der Waals surface area contributed by atoms with Gasteiger partial charge in [-0.05, 0) is 23.8 Å². The molecule has 7 heteroatoms. The van der Waals surface area contributed by atoms with Gasteiger partial charge in [-0.25, -0.2) is 9.97 Å². The fourth-order valence-corrected chi connectivity index (χ4v) is 3.07. The lowest BCUT2D eigenvalue weighted by atomic mass is 10.1. The average Bonchev–Trinajstić information content (AvgIpc) is 3.02. The van der Waals surface area contributed by atoms with E-state index >= 15 is 0 Å². The Hall–Kier alpha value is -2.80. The molecule has 1 atom stereocenters. The molecule has 0 aromatic carbocycles. The van der Waals surface area contributed by atoms with E-state index in [0.29, 0.717) is 19.1 Å². The summed E-state index contributed by atoms with van der Waals surface area (Å²) in [4.78, 5) is 15.1. The maximum absolute atomic E-state index is 5.94. The van der Waals surface area contributed by atoms with Crippen molar-refractivity contribution >= 4 is 5.95 Å². The van der Waals surface area contributed by atoms with Gasteiger partial charge in [0.05, 0.1) is 25.5 Å². The van der Waals surface area contributed by atoms with Crippen molar-refractivity contribution in [3.8, 4) is 0 Å². The van der Waals surface area contributed by atoms with E-state index in [4.69, 9.17) is 4.74 Å². The molecule has 7 nitrogen and oxygen atoms in total. The molecule has 4 rings (SSSR count). The summed E-state index contributed by atoms with van der Waals surface area (Å²) in [6.07, 6.45) is 9.00. The zero-order valence-electron chi connectivity index (χ0n) is 13.9. The number of pyridine rings is 1. The third kappa shape index (κ3) is 3.83. The van der Waals surface area contributed by atoms with Gasteiger partial charge in [0.2, 0.25) is 5.95 Å². The van der Waals surface area contributed by atoms with Gasteiger partial charge in [-0.1, -0.05) is 6.07 Å². The fraction of sp³-hybridized carbons (Fsp3) is 0.333. The smallest absolute Gasteiger partial charge is 0.225 e. The van der Waals surface area contributed by atoms with Crippen LogP contribution in [0, 0.1) is 5.92 Å². The lowest BCUT2D eigenvalue weighted by Gasteiger charge is -2.23. The van der Waals surface area contributed by atoms with Crippen LogP contribution in [0.4, 0.5) is 5.95 Å². The van der Waals surface area contributed by atoms with Crippen LogP contribution in [0.25, 0.3) is 0 Å². The number of nitrogens with zero attached hydrogens (tertiary/aromatic N) is 6. The van der Waals surface area contributed by atoms with Crippen LogP contribution in [-0.2, 0) is 24.4 Å². The molecule has 1 aliphatic heterocycles. The molecule has 0 aliphatic carbocycles. The van der Waals surface area contributed by atoms with Crippen molar-refractivity contribution in [1.82, 2.24) is 24.7 Å². The molecule has 25 heavy (non-hydrogen) atoms. The van der Waals surface area contributed by atoms with Crippen LogP contribution in [0.3, 0.4) is 0 Å². The van der Waals surface area contributed by atoms with Gasteiger partial charge < -0.3 is 9.64 Å². The van der Waals surface area contributed by atoms with Gasteiger partial charge in [0, 0.05) is 50.0 Å². The summed E-state index contributed by atoms with van der Waals surface area (Å²) in [6.45, 7) is 3.64. The molecule has 3 aromatic heterocycles. The highest BCUT2D eigenvalue weighted by molar-refractivity contribution is 5.30. The lowest BCUT2D eigenvalue weighted by Crippen LogP contribution is -2.31. The SMILES string of the molecule is c1cnc(N2Cc3ccnn3C[C@@H](COCc3cccnc3)C2)nc1. The van der Waals surface area contributed by atoms with Crippen molar-refractivity contribution in [2.45, 2.75) is 19.7 Å². The van der Waals surface area contributed by atoms with Crippen LogP contribution < -0.4 is 4.90 Å². The normalized spacial score (nSPS) is 17.1. The van der Waals surface area contributed by atoms with Gasteiger partial charge >= 0.3 is 0 Å². The summed E-state index contributed by atoms with van der Waals surface area (Å²) in [5, 5.41) is 4.44. The second-order valence-electron chi connectivity index (χ2n) is 6.18. The van der Waals surface area contributed by atoms with Gasteiger partial charge in [0.1, 0.15) is 0 Å². The molecule has 0 amide bonds. The zero-order chi connectivity index (χ0) is 16.9. The monoisotopic (exact) mass is 336 g/mol. The van der Waals surface area contributed by atoms with E-state index in [1.54, 1.807) is 18.6 Å². The van der Waals surface area contributed by atoms with Crippen molar-refractivity contribution in [2.75, 3.05) is 18.1 Å². The van der Waals surface area contributed by atoms with E-state index in [0.717, 1.165) is 31.1 Å². The number of rotatable bonds is 5. The second kappa shape index (κ2) is 7.40. The topological polar surface area (TPSA) is 69.0 Å². The Labute approximate surface area is 146 Å². The molecular weight excluding hydrogens is 316 g/mol. The number of anilines is 1. The molecule has 0 N–H and O–H groups in total. The average molecular weight is 336 g/mol. The minimum absolute atomic E-state index is 0.307. The van der Waals surface area contributed by atoms with Gasteiger partial charge in [0.25, 0.3) is 0 Å². The highest BCUT2D eigenvalue weighted by Crippen LogP contribution is 2.20. The summed E-state index contributed by atoms with van der Waals surface area (Å²) in [6, 6.07) is 7.83. The molecule has 0 saturated carbocycles. The highest BCUT2D eigenvalue weighted by atomic mass is 16.5. The van der Waals surface area contributed by atoms with E-state index in [9.17, 15) is 0 Å². The Balaban J connectivity index is 1.45. The fourth-order valence-electron chi connectivity index (χ4n) is 3.07. The number of ether oxygens (including phenoxy) is 1. The third-order valence-corrected chi connectivity index (χ3v) is 4.25. The molecule has 0 unspecified atom stereocenters. The quantitative estimate of drug-likeness (QED) is 0.709. The number of fused-ring (bicyclic) bond motifs is 1. The van der Waals surface area contributed by atoms with Crippen molar-refractivity contribution in [2.24, 2.45) is 5.92 Å². The van der Waals surface area contributed by atoms with Crippen LogP contribution in [0.1, 0.15) is 11.3 Å². The van der Waals surface area contributed by atoms with E-state index in [1.807, 2.05) is 30.6 Å². The van der Waals surface area contributed by atoms with Crippen molar-refractivity contribution in [1.29, 1.82) is 0 Å². The van der Waals surface area contributed by atoms with Crippen molar-refractivity contribution in [3.63, 3.8) is 0 Å². The van der Waals surface area contributed by atoms with Gasteiger partial charge in [-0.3, -0.25) is 9.67 Å². The molecule has 0 fully saturated rings. The van der Waals surface area contributed by atoms with Gasteiger partial charge in [0.15, 0.2) is 0 Å². The Kier molecular flexibility index (Phi) is 4.65. The Morgan fingerprint density at radius 2 is 1.96 bits per heavy atom. The first-order chi connectivity index (χ1) is 12.4. The number of hydrogen-bond donors (Lipinski definition) is 0. The summed E-state index contributed by atoms with van der Waals surface area (Å²) in [7, 11) is 0. The highest BCUT2D eigenvalue weighted by Gasteiger charge is 2.24. The van der Waals surface area contributed by atoms with Crippen LogP contribution in [-0.4, -0.2) is 37.9 Å². The predicted molar refractivity (Wildman–Crippen MR) is 92.7 cm³/mol. The predicted octanol–water partition coefficient (Wildman–Crippen LogP) is 1.92. The maximum atomic E-state index is 5.94. The first-order valence-electron chi connectivity index (χ1n) is 8.38. The molecule has 0 saturated heterocycles. The standard InChI is InChI=1S/C18H20N6O/c1-3-15(9-19-5-1)13-25-14-16-10-23(18-20-6-2-7-21-18)12-17-4-8-22-24(17)11-16/h1-9,16H,10-14H2/t16-/m0/s1. The summed E-state index contributed by atoms with van der Waals surface area (Å²) in [5.41, 5.74) is 2.25. The van der Waals surface area contributed by atoms with Crippen molar-refractivity contribution in [3.05, 3.63) is 66.5 Å². The zero-order valence-corrected chi connectivity index (χ0v) is 13.9. The molecule has 3 aromatic rings. The van der Waals surface area contributed by atoms with E-state index in [2.05, 4.69) is 35.7 Å². The Morgan fingerprint density at radius 3 is 2.80 bits per heavy atom. The minimum atomic E-state index is 0.307. The minimum Gasteiger partial charge on any atom is -0.376 e. The second-order valence-corrected chi connectivity index (χ2v) is 6.18. The third-order valence-electron chi connectivity index (χ3n) is 4.25. The van der Waals surface area contributed by atoms with Crippen LogP contribution in [0.15, 0.2) is 55.2 Å². The molecule has 128 valence electrons. The first-order valence-corrected chi connectivity index (χ1v) is 8.38. The molecule has 4 heterocycles.